The maximum atomic E-state index is 11.3. The Bertz CT molecular complexity index is 414. The van der Waals surface area contributed by atoms with Crippen LogP contribution < -0.4 is 5.32 Å². The molecule has 0 saturated heterocycles. The maximum Gasteiger partial charge on any atom is 0.318 e. The first-order chi connectivity index (χ1) is 9.51. The number of rotatable bonds is 7. The van der Waals surface area contributed by atoms with E-state index in [1.165, 1.54) is 11.1 Å². The van der Waals surface area contributed by atoms with Crippen LogP contribution in [0.25, 0.3) is 0 Å². The van der Waals surface area contributed by atoms with Crippen LogP contribution in [0.4, 0.5) is 10.5 Å². The number of nitrogens with one attached hydrogen (secondary N) is 1. The average Bonchev–Trinajstić information content (AvgIpc) is 2.38. The molecule has 0 heterocycles. The molecule has 0 fully saturated rings. The van der Waals surface area contributed by atoms with Crippen molar-refractivity contribution in [2.75, 3.05) is 5.32 Å². The molecule has 0 aliphatic rings. The summed E-state index contributed by atoms with van der Waals surface area (Å²) >= 11 is 5.57. The monoisotopic (exact) mass is 295 g/mol. The molecule has 3 heteroatoms. The van der Waals surface area contributed by atoms with Gasteiger partial charge < -0.3 is 5.32 Å². The molecule has 0 radical (unpaired) electrons. The summed E-state index contributed by atoms with van der Waals surface area (Å²) in [6, 6.07) is 6.29. The van der Waals surface area contributed by atoms with Gasteiger partial charge in [-0.25, -0.2) is 0 Å². The highest BCUT2D eigenvalue weighted by molar-refractivity contribution is 6.65. The van der Waals surface area contributed by atoms with Crippen molar-refractivity contribution in [3.63, 3.8) is 0 Å². The number of para-hydroxylation sites is 1. The number of benzene rings is 1. The second kappa shape index (κ2) is 8.31. The van der Waals surface area contributed by atoms with E-state index in [-0.39, 0.29) is 0 Å². The molecular weight excluding hydrogens is 270 g/mol. The Morgan fingerprint density at radius 1 is 1.10 bits per heavy atom. The van der Waals surface area contributed by atoms with E-state index in [4.69, 9.17) is 11.6 Å². The largest absolute Gasteiger partial charge is 0.318 e. The van der Waals surface area contributed by atoms with Gasteiger partial charge in [0.2, 0.25) is 0 Å². The molecule has 0 aromatic heterocycles. The zero-order valence-electron chi connectivity index (χ0n) is 13.0. The van der Waals surface area contributed by atoms with Gasteiger partial charge in [-0.2, -0.15) is 0 Å². The summed E-state index contributed by atoms with van der Waals surface area (Å²) in [5.74, 6) is 0.847. The van der Waals surface area contributed by atoms with Gasteiger partial charge in [-0.1, -0.05) is 58.7 Å². The second-order valence-corrected chi connectivity index (χ2v) is 5.93. The van der Waals surface area contributed by atoms with Gasteiger partial charge in [-0.05, 0) is 47.4 Å². The van der Waals surface area contributed by atoms with Crippen LogP contribution in [-0.4, -0.2) is 5.37 Å². The molecule has 1 amide bonds. The molecule has 0 bridgehead atoms. The number of halogens is 1. The molecule has 1 N–H and O–H groups in total. The third kappa shape index (κ3) is 4.52. The highest BCUT2D eigenvalue weighted by Gasteiger charge is 2.18. The lowest BCUT2D eigenvalue weighted by molar-refractivity contribution is 0.269. The van der Waals surface area contributed by atoms with Gasteiger partial charge in [0.05, 0.1) is 0 Å². The van der Waals surface area contributed by atoms with E-state index < -0.39 is 5.37 Å². The summed E-state index contributed by atoms with van der Waals surface area (Å²) < 4.78 is 0. The lowest BCUT2D eigenvalue weighted by Gasteiger charge is -2.22. The maximum absolute atomic E-state index is 11.3. The standard InChI is InChI=1S/C17H26ClNO/c1-5-8-12(3)14-10-7-11-15(13(4)9-6-2)16(14)19-17(18)20/h7,10-13H,5-6,8-9H2,1-4H3,(H,19,20). The SMILES string of the molecule is CCCC(C)c1cccc(C(C)CCC)c1NC(=O)Cl. The minimum Gasteiger partial charge on any atom is -0.312 e. The van der Waals surface area contributed by atoms with E-state index in [0.29, 0.717) is 11.8 Å². The molecule has 2 nitrogen and oxygen atoms in total. The number of carbonyl (C=O) groups excluding carboxylic acids is 1. The summed E-state index contributed by atoms with van der Waals surface area (Å²) in [5, 5.41) is 2.34. The van der Waals surface area contributed by atoms with Gasteiger partial charge in [0, 0.05) is 5.69 Å². The van der Waals surface area contributed by atoms with E-state index in [2.05, 4.69) is 51.2 Å². The molecule has 0 saturated carbocycles. The van der Waals surface area contributed by atoms with Crippen molar-refractivity contribution in [3.8, 4) is 0 Å². The second-order valence-electron chi connectivity index (χ2n) is 5.59. The number of hydrogen-bond acceptors (Lipinski definition) is 1. The molecule has 0 aliphatic carbocycles. The molecule has 2 unspecified atom stereocenters. The Morgan fingerprint density at radius 3 is 1.90 bits per heavy atom. The van der Waals surface area contributed by atoms with Crippen LogP contribution in [0, 0.1) is 0 Å². The van der Waals surface area contributed by atoms with Gasteiger partial charge in [0.25, 0.3) is 0 Å². The van der Waals surface area contributed by atoms with Gasteiger partial charge >= 0.3 is 5.37 Å². The van der Waals surface area contributed by atoms with Gasteiger partial charge in [0.1, 0.15) is 0 Å². The van der Waals surface area contributed by atoms with Crippen molar-refractivity contribution >= 4 is 22.7 Å². The highest BCUT2D eigenvalue weighted by Crippen LogP contribution is 2.36. The Hall–Kier alpha value is -1.02. The molecule has 0 spiro atoms. The van der Waals surface area contributed by atoms with Crippen molar-refractivity contribution in [2.24, 2.45) is 0 Å². The Labute approximate surface area is 127 Å². The van der Waals surface area contributed by atoms with Crippen molar-refractivity contribution in [3.05, 3.63) is 29.3 Å². The van der Waals surface area contributed by atoms with Crippen molar-refractivity contribution in [1.82, 2.24) is 0 Å². The first-order valence-corrected chi connectivity index (χ1v) is 7.98. The van der Waals surface area contributed by atoms with Gasteiger partial charge in [-0.15, -0.1) is 0 Å². The zero-order chi connectivity index (χ0) is 15.1. The number of anilines is 1. The van der Waals surface area contributed by atoms with Gasteiger partial charge in [0.15, 0.2) is 0 Å². The summed E-state index contributed by atoms with van der Waals surface area (Å²) in [7, 11) is 0. The molecule has 0 aliphatic heterocycles. The van der Waals surface area contributed by atoms with Crippen LogP contribution >= 0.6 is 11.6 Å². The van der Waals surface area contributed by atoms with Crippen LogP contribution in [-0.2, 0) is 0 Å². The lowest BCUT2D eigenvalue weighted by Crippen LogP contribution is -2.11. The lowest BCUT2D eigenvalue weighted by atomic mass is 9.88. The summed E-state index contributed by atoms with van der Waals surface area (Å²) in [4.78, 5) is 11.3. The summed E-state index contributed by atoms with van der Waals surface area (Å²) in [6.45, 7) is 8.77. The Morgan fingerprint density at radius 2 is 1.55 bits per heavy atom. The highest BCUT2D eigenvalue weighted by atomic mass is 35.5. The number of amides is 1. The third-order valence-electron chi connectivity index (χ3n) is 3.86. The van der Waals surface area contributed by atoms with E-state index in [1.807, 2.05) is 0 Å². The van der Waals surface area contributed by atoms with Crippen molar-refractivity contribution < 1.29 is 4.79 Å². The van der Waals surface area contributed by atoms with Crippen molar-refractivity contribution in [1.29, 1.82) is 0 Å². The fourth-order valence-electron chi connectivity index (χ4n) is 2.83. The fourth-order valence-corrected chi connectivity index (χ4v) is 2.92. The quantitative estimate of drug-likeness (QED) is 0.466. The summed E-state index contributed by atoms with van der Waals surface area (Å²) in [6.07, 6.45) is 4.47. The van der Waals surface area contributed by atoms with Gasteiger partial charge in [-0.3, -0.25) is 4.79 Å². The first kappa shape index (κ1) is 17.0. The van der Waals surface area contributed by atoms with Crippen LogP contribution in [0.1, 0.15) is 76.3 Å². The predicted molar refractivity (Wildman–Crippen MR) is 88.0 cm³/mol. The van der Waals surface area contributed by atoms with E-state index in [1.54, 1.807) is 0 Å². The minimum atomic E-state index is -0.508. The third-order valence-corrected chi connectivity index (χ3v) is 3.95. The first-order valence-electron chi connectivity index (χ1n) is 7.60. The normalized spacial score (nSPS) is 13.8. The minimum absolute atomic E-state index is 0.423. The molecule has 20 heavy (non-hydrogen) atoms. The van der Waals surface area contributed by atoms with Crippen LogP contribution in [0.2, 0.25) is 0 Å². The smallest absolute Gasteiger partial charge is 0.312 e. The molecule has 1 aromatic carbocycles. The zero-order valence-corrected chi connectivity index (χ0v) is 13.8. The van der Waals surface area contributed by atoms with E-state index in [9.17, 15) is 4.79 Å². The van der Waals surface area contributed by atoms with Crippen LogP contribution in [0.3, 0.4) is 0 Å². The fraction of sp³-hybridized carbons (Fsp3) is 0.588. The van der Waals surface area contributed by atoms with E-state index >= 15 is 0 Å². The molecular formula is C17H26ClNO. The molecule has 1 rings (SSSR count). The van der Waals surface area contributed by atoms with Crippen LogP contribution in [0.15, 0.2) is 18.2 Å². The number of hydrogen-bond donors (Lipinski definition) is 1. The average molecular weight is 296 g/mol. The Kier molecular flexibility index (Phi) is 7.08. The Balaban J connectivity index is 3.22. The molecule has 112 valence electrons. The summed E-state index contributed by atoms with van der Waals surface area (Å²) in [5.41, 5.74) is 3.32. The predicted octanol–water partition coefficient (Wildman–Crippen LogP) is 6.26. The topological polar surface area (TPSA) is 29.1 Å². The molecule has 2 atom stereocenters. The van der Waals surface area contributed by atoms with Crippen molar-refractivity contribution in [2.45, 2.75) is 65.2 Å². The number of carbonyl (C=O) groups is 1. The van der Waals surface area contributed by atoms with Crippen LogP contribution in [0.5, 0.6) is 0 Å². The van der Waals surface area contributed by atoms with E-state index in [0.717, 1.165) is 31.4 Å². The molecule has 1 aromatic rings.